The van der Waals surface area contributed by atoms with E-state index in [1.165, 1.54) is 6.21 Å². The van der Waals surface area contributed by atoms with Gasteiger partial charge in [-0.1, -0.05) is 23.7 Å². The fourth-order valence-electron chi connectivity index (χ4n) is 1.79. The van der Waals surface area contributed by atoms with Crippen LogP contribution in [0.25, 0.3) is 0 Å². The van der Waals surface area contributed by atoms with Gasteiger partial charge in [0.1, 0.15) is 11.8 Å². The zero-order valence-electron chi connectivity index (χ0n) is 12.7. The van der Waals surface area contributed by atoms with E-state index < -0.39 is 0 Å². The number of hydrogen-bond acceptors (Lipinski definition) is 5. The van der Waals surface area contributed by atoms with E-state index in [0.29, 0.717) is 16.3 Å². The molecule has 0 aliphatic carbocycles. The molecule has 0 heterocycles. The van der Waals surface area contributed by atoms with Crippen LogP contribution in [-0.4, -0.2) is 25.3 Å². The predicted molar refractivity (Wildman–Crippen MR) is 93.2 cm³/mol. The van der Waals surface area contributed by atoms with Gasteiger partial charge in [-0.2, -0.15) is 10.4 Å². The van der Waals surface area contributed by atoms with E-state index in [-0.39, 0.29) is 19.1 Å². The molecule has 2 rings (SSSR count). The minimum atomic E-state index is -0.295. The highest BCUT2D eigenvalue weighted by atomic mass is 35.5. The zero-order valence-corrected chi connectivity index (χ0v) is 13.5. The molecule has 0 atom stereocenters. The smallest absolute Gasteiger partial charge is 0.259 e. The molecule has 0 fully saturated rings. The number of halogens is 1. The van der Waals surface area contributed by atoms with Gasteiger partial charge in [0.05, 0.1) is 12.8 Å². The van der Waals surface area contributed by atoms with Gasteiger partial charge in [0.15, 0.2) is 6.61 Å². The number of hydrazone groups is 1. The number of benzene rings is 2. The number of amides is 1. The summed E-state index contributed by atoms with van der Waals surface area (Å²) < 4.78 is 5.27. The molecule has 0 saturated heterocycles. The lowest BCUT2D eigenvalue weighted by Crippen LogP contribution is -2.25. The van der Waals surface area contributed by atoms with Crippen molar-refractivity contribution in [3.05, 3.63) is 59.1 Å². The average molecular weight is 343 g/mol. The Kier molecular flexibility index (Phi) is 6.62. The van der Waals surface area contributed by atoms with E-state index in [1.807, 2.05) is 12.1 Å². The molecular formula is C17H15ClN4O2. The lowest BCUT2D eigenvalue weighted by Gasteiger charge is -2.06. The quantitative estimate of drug-likeness (QED) is 0.598. The summed E-state index contributed by atoms with van der Waals surface area (Å²) >= 11 is 5.79. The van der Waals surface area contributed by atoms with E-state index in [0.717, 1.165) is 5.69 Å². The van der Waals surface area contributed by atoms with Gasteiger partial charge in [0, 0.05) is 16.3 Å². The molecule has 2 aromatic rings. The Hall–Kier alpha value is -3.04. The monoisotopic (exact) mass is 342 g/mol. The molecule has 0 unspecified atom stereocenters. The second-order valence-corrected chi connectivity index (χ2v) is 5.07. The molecule has 0 spiro atoms. The van der Waals surface area contributed by atoms with Crippen molar-refractivity contribution < 1.29 is 9.53 Å². The van der Waals surface area contributed by atoms with Crippen LogP contribution in [-0.2, 0) is 4.79 Å². The minimum absolute atomic E-state index is 0.0533. The Morgan fingerprint density at radius 1 is 1.25 bits per heavy atom. The third-order valence-electron chi connectivity index (χ3n) is 2.90. The van der Waals surface area contributed by atoms with Crippen LogP contribution in [0.15, 0.2) is 53.6 Å². The SMILES string of the molecule is N#CCOc1ccccc1/C=N\NC(=O)CNc1ccc(Cl)cc1. The predicted octanol–water partition coefficient (Wildman–Crippen LogP) is 2.80. The van der Waals surface area contributed by atoms with Crippen LogP contribution in [0.1, 0.15) is 5.56 Å². The van der Waals surface area contributed by atoms with Crippen LogP contribution in [0.2, 0.25) is 5.02 Å². The number of nitrogens with one attached hydrogen (secondary N) is 2. The van der Waals surface area contributed by atoms with Crippen molar-refractivity contribution in [2.24, 2.45) is 5.10 Å². The van der Waals surface area contributed by atoms with Gasteiger partial charge in [0.25, 0.3) is 5.91 Å². The molecule has 2 aromatic carbocycles. The van der Waals surface area contributed by atoms with E-state index in [1.54, 1.807) is 42.5 Å². The highest BCUT2D eigenvalue weighted by molar-refractivity contribution is 6.30. The van der Waals surface area contributed by atoms with E-state index in [4.69, 9.17) is 21.6 Å². The van der Waals surface area contributed by atoms with Gasteiger partial charge >= 0.3 is 0 Å². The first kappa shape index (κ1) is 17.3. The normalized spacial score (nSPS) is 10.2. The molecule has 0 aromatic heterocycles. The van der Waals surface area contributed by atoms with Crippen molar-refractivity contribution >= 4 is 29.4 Å². The molecule has 0 saturated carbocycles. The third-order valence-corrected chi connectivity index (χ3v) is 3.15. The van der Waals surface area contributed by atoms with Gasteiger partial charge < -0.3 is 10.1 Å². The summed E-state index contributed by atoms with van der Waals surface area (Å²) in [6.45, 7) is 0.0216. The Morgan fingerprint density at radius 2 is 2.00 bits per heavy atom. The third kappa shape index (κ3) is 5.63. The first-order chi connectivity index (χ1) is 11.7. The summed E-state index contributed by atoms with van der Waals surface area (Å²) in [5, 5.41) is 16.0. The largest absolute Gasteiger partial charge is 0.478 e. The fourth-order valence-corrected chi connectivity index (χ4v) is 1.92. The number of ether oxygens (including phenoxy) is 1. The van der Waals surface area contributed by atoms with Crippen LogP contribution in [0.4, 0.5) is 5.69 Å². The first-order valence-electron chi connectivity index (χ1n) is 7.09. The fraction of sp³-hybridized carbons (Fsp3) is 0.118. The molecule has 122 valence electrons. The Morgan fingerprint density at radius 3 is 2.75 bits per heavy atom. The standard InChI is InChI=1S/C17H15ClN4O2/c18-14-5-7-15(8-6-14)20-12-17(23)22-21-11-13-3-1-2-4-16(13)24-10-9-19/h1-8,11,20H,10,12H2,(H,22,23)/b21-11-. The number of hydrogen-bond donors (Lipinski definition) is 2. The molecular weight excluding hydrogens is 328 g/mol. The highest BCUT2D eigenvalue weighted by Gasteiger charge is 2.02. The van der Waals surface area contributed by atoms with Crippen LogP contribution in [0.3, 0.4) is 0 Å². The van der Waals surface area contributed by atoms with Gasteiger partial charge in [-0.3, -0.25) is 4.79 Å². The second kappa shape index (κ2) is 9.18. The first-order valence-corrected chi connectivity index (χ1v) is 7.47. The van der Waals surface area contributed by atoms with Gasteiger partial charge in [-0.15, -0.1) is 0 Å². The van der Waals surface area contributed by atoms with E-state index in [2.05, 4.69) is 15.8 Å². The number of carbonyl (C=O) groups excluding carboxylic acids is 1. The topological polar surface area (TPSA) is 86.5 Å². The van der Waals surface area contributed by atoms with Crippen LogP contribution >= 0.6 is 11.6 Å². The summed E-state index contributed by atoms with van der Waals surface area (Å²) in [4.78, 5) is 11.7. The van der Waals surface area contributed by atoms with Crippen molar-refractivity contribution in [1.82, 2.24) is 5.43 Å². The molecule has 0 aliphatic rings. The van der Waals surface area contributed by atoms with Gasteiger partial charge in [-0.05, 0) is 36.4 Å². The Labute approximate surface area is 144 Å². The van der Waals surface area contributed by atoms with Crippen LogP contribution in [0.5, 0.6) is 5.75 Å². The summed E-state index contributed by atoms with van der Waals surface area (Å²) in [7, 11) is 0. The Bertz CT molecular complexity index is 754. The number of nitrogens with zero attached hydrogens (tertiary/aromatic N) is 2. The van der Waals surface area contributed by atoms with Crippen molar-refractivity contribution in [2.45, 2.75) is 0 Å². The van der Waals surface area contributed by atoms with Crippen molar-refractivity contribution in [3.63, 3.8) is 0 Å². The maximum absolute atomic E-state index is 11.7. The molecule has 0 radical (unpaired) electrons. The van der Waals surface area contributed by atoms with E-state index >= 15 is 0 Å². The molecule has 24 heavy (non-hydrogen) atoms. The minimum Gasteiger partial charge on any atom is -0.478 e. The number of carbonyl (C=O) groups is 1. The number of para-hydroxylation sites is 1. The van der Waals surface area contributed by atoms with Crippen molar-refractivity contribution in [2.75, 3.05) is 18.5 Å². The molecule has 7 heteroatoms. The lowest BCUT2D eigenvalue weighted by atomic mass is 10.2. The molecule has 0 bridgehead atoms. The van der Waals surface area contributed by atoms with Crippen LogP contribution < -0.4 is 15.5 Å². The molecule has 6 nitrogen and oxygen atoms in total. The summed E-state index contributed by atoms with van der Waals surface area (Å²) in [6.07, 6.45) is 1.47. The molecule has 1 amide bonds. The summed E-state index contributed by atoms with van der Waals surface area (Å²) in [5.74, 6) is 0.230. The van der Waals surface area contributed by atoms with Crippen LogP contribution in [0, 0.1) is 11.3 Å². The van der Waals surface area contributed by atoms with Crippen molar-refractivity contribution in [3.8, 4) is 11.8 Å². The second-order valence-electron chi connectivity index (χ2n) is 4.64. The Balaban J connectivity index is 1.84. The van der Waals surface area contributed by atoms with Crippen molar-refractivity contribution in [1.29, 1.82) is 5.26 Å². The average Bonchev–Trinajstić information content (AvgIpc) is 2.60. The number of anilines is 1. The highest BCUT2D eigenvalue weighted by Crippen LogP contribution is 2.15. The van der Waals surface area contributed by atoms with Gasteiger partial charge in [0.2, 0.25) is 0 Å². The lowest BCUT2D eigenvalue weighted by molar-refractivity contribution is -0.119. The number of rotatable bonds is 7. The van der Waals surface area contributed by atoms with Gasteiger partial charge in [-0.25, -0.2) is 5.43 Å². The maximum Gasteiger partial charge on any atom is 0.259 e. The molecule has 2 N–H and O–H groups in total. The van der Waals surface area contributed by atoms with E-state index in [9.17, 15) is 4.79 Å². The molecule has 0 aliphatic heterocycles. The maximum atomic E-state index is 11.7. The zero-order chi connectivity index (χ0) is 17.2. The summed E-state index contributed by atoms with van der Waals surface area (Å²) in [6, 6.07) is 16.0. The number of nitriles is 1. The summed E-state index contributed by atoms with van der Waals surface area (Å²) in [5.41, 5.74) is 3.87.